The monoisotopic (exact) mass is 440 g/mol. The Morgan fingerprint density at radius 2 is 1.77 bits per heavy atom. The van der Waals surface area contributed by atoms with Crippen molar-refractivity contribution in [1.29, 1.82) is 0 Å². The van der Waals surface area contributed by atoms with E-state index in [0.29, 0.717) is 22.7 Å². The van der Waals surface area contributed by atoms with Crippen molar-refractivity contribution in [3.8, 4) is 16.9 Å². The lowest BCUT2D eigenvalue weighted by Crippen LogP contribution is -2.15. The van der Waals surface area contributed by atoms with Crippen molar-refractivity contribution < 1.29 is 24.0 Å². The molecule has 0 fully saturated rings. The maximum Gasteiger partial charge on any atom is 0.341 e. The van der Waals surface area contributed by atoms with Crippen molar-refractivity contribution in [1.82, 2.24) is 0 Å². The number of thiophene rings is 1. The number of amides is 1. The van der Waals surface area contributed by atoms with E-state index in [9.17, 15) is 19.7 Å². The van der Waals surface area contributed by atoms with Crippen molar-refractivity contribution in [3.63, 3.8) is 0 Å². The molecule has 3 aromatic rings. The van der Waals surface area contributed by atoms with Gasteiger partial charge in [-0.15, -0.1) is 11.3 Å². The number of hydrogen-bond donors (Lipinski definition) is 1. The van der Waals surface area contributed by atoms with Gasteiger partial charge < -0.3 is 14.8 Å². The van der Waals surface area contributed by atoms with Gasteiger partial charge in [0, 0.05) is 28.6 Å². The Morgan fingerprint density at radius 1 is 1.10 bits per heavy atom. The number of non-ortho nitro benzene ring substituents is 1. The molecule has 0 saturated carbocycles. The van der Waals surface area contributed by atoms with Crippen molar-refractivity contribution >= 4 is 33.9 Å². The molecule has 160 valence electrons. The zero-order chi connectivity index (χ0) is 22.4. The minimum atomic E-state index is -0.538. The van der Waals surface area contributed by atoms with E-state index in [-0.39, 0.29) is 23.4 Å². The lowest BCUT2D eigenvalue weighted by atomic mass is 10.0. The number of nitro groups is 1. The van der Waals surface area contributed by atoms with Crippen LogP contribution < -0.4 is 10.1 Å². The predicted molar refractivity (Wildman–Crippen MR) is 118 cm³/mol. The van der Waals surface area contributed by atoms with Gasteiger partial charge >= 0.3 is 5.97 Å². The van der Waals surface area contributed by atoms with Gasteiger partial charge in [-0.25, -0.2) is 4.79 Å². The van der Waals surface area contributed by atoms with Crippen LogP contribution in [0.15, 0.2) is 53.9 Å². The molecule has 0 aliphatic rings. The third kappa shape index (κ3) is 5.07. The molecular weight excluding hydrogens is 420 g/mol. The number of nitrogens with one attached hydrogen (secondary N) is 1. The number of nitro benzene ring substituents is 1. The molecule has 0 spiro atoms. The number of carbonyl (C=O) groups is 2. The highest BCUT2D eigenvalue weighted by Gasteiger charge is 2.23. The fourth-order valence-corrected chi connectivity index (χ4v) is 3.76. The summed E-state index contributed by atoms with van der Waals surface area (Å²) in [6.07, 6.45) is 0.665. The first-order valence-corrected chi connectivity index (χ1v) is 10.3. The number of esters is 1. The number of carbonyl (C=O) groups excluding carboxylic acids is 2. The molecule has 0 aliphatic heterocycles. The Morgan fingerprint density at radius 3 is 2.35 bits per heavy atom. The lowest BCUT2D eigenvalue weighted by Gasteiger charge is -2.10. The summed E-state index contributed by atoms with van der Waals surface area (Å²) in [6.45, 7) is 2.15. The summed E-state index contributed by atoms with van der Waals surface area (Å²) in [4.78, 5) is 35.7. The Labute approximate surface area is 182 Å². The highest BCUT2D eigenvalue weighted by molar-refractivity contribution is 7.15. The first-order valence-electron chi connectivity index (χ1n) is 9.43. The summed E-state index contributed by atoms with van der Waals surface area (Å²) in [5.74, 6) is -0.337. The molecule has 0 radical (unpaired) electrons. The number of nitrogens with zero attached hydrogens (tertiary/aromatic N) is 1. The predicted octanol–water partition coefficient (Wildman–Crippen LogP) is 5.15. The average molecular weight is 440 g/mol. The van der Waals surface area contributed by atoms with Crippen LogP contribution in [-0.4, -0.2) is 30.5 Å². The van der Waals surface area contributed by atoms with E-state index in [1.165, 1.54) is 35.6 Å². The zero-order valence-electron chi connectivity index (χ0n) is 16.9. The third-order valence-electron chi connectivity index (χ3n) is 4.40. The largest absolute Gasteiger partial charge is 0.497 e. The first kappa shape index (κ1) is 22.0. The molecule has 1 N–H and O–H groups in total. The molecule has 1 aromatic heterocycles. The van der Waals surface area contributed by atoms with Crippen LogP contribution in [0.3, 0.4) is 0 Å². The van der Waals surface area contributed by atoms with Gasteiger partial charge in [-0.2, -0.15) is 0 Å². The topological polar surface area (TPSA) is 108 Å². The first-order chi connectivity index (χ1) is 14.9. The summed E-state index contributed by atoms with van der Waals surface area (Å²) in [7, 11) is 1.57. The number of anilines is 1. The molecule has 0 aliphatic carbocycles. The zero-order valence-corrected chi connectivity index (χ0v) is 17.7. The van der Waals surface area contributed by atoms with Crippen LogP contribution in [-0.2, 0) is 4.74 Å². The Hall–Kier alpha value is -3.72. The smallest absolute Gasteiger partial charge is 0.341 e. The van der Waals surface area contributed by atoms with Gasteiger partial charge in [0.05, 0.1) is 18.6 Å². The van der Waals surface area contributed by atoms with Gasteiger partial charge in [-0.3, -0.25) is 14.9 Å². The van der Waals surface area contributed by atoms with Gasteiger partial charge in [-0.1, -0.05) is 19.1 Å². The number of ether oxygens (including phenoxy) is 2. The Balaban J connectivity index is 1.93. The van der Waals surface area contributed by atoms with Gasteiger partial charge in [0.2, 0.25) is 0 Å². The summed E-state index contributed by atoms with van der Waals surface area (Å²) >= 11 is 1.20. The van der Waals surface area contributed by atoms with Crippen LogP contribution in [0.4, 0.5) is 10.7 Å². The molecule has 2 aromatic carbocycles. The van der Waals surface area contributed by atoms with Crippen LogP contribution in [0.5, 0.6) is 5.75 Å². The molecule has 1 amide bonds. The van der Waals surface area contributed by atoms with Crippen molar-refractivity contribution in [2.24, 2.45) is 0 Å². The number of benzene rings is 2. The maximum absolute atomic E-state index is 12.8. The van der Waals surface area contributed by atoms with Gasteiger partial charge in [0.15, 0.2) is 0 Å². The highest BCUT2D eigenvalue weighted by atomic mass is 32.1. The molecule has 1 heterocycles. The number of rotatable bonds is 8. The normalized spacial score (nSPS) is 10.4. The number of hydrogen-bond acceptors (Lipinski definition) is 7. The number of methoxy groups -OCH3 is 1. The average Bonchev–Trinajstić information content (AvgIpc) is 3.21. The third-order valence-corrected chi connectivity index (χ3v) is 5.30. The second-order valence-electron chi connectivity index (χ2n) is 6.48. The van der Waals surface area contributed by atoms with Crippen LogP contribution in [0.25, 0.3) is 11.1 Å². The minimum absolute atomic E-state index is 0.113. The van der Waals surface area contributed by atoms with Gasteiger partial charge in [0.25, 0.3) is 11.6 Å². The van der Waals surface area contributed by atoms with E-state index in [0.717, 1.165) is 5.56 Å². The molecule has 8 nitrogen and oxygen atoms in total. The summed E-state index contributed by atoms with van der Waals surface area (Å²) in [6, 6.07) is 12.4. The standard InChI is InChI=1S/C22H20N2O6S/c1-3-12-30-22(26)19-18(14-6-10-17(29-2)11-7-14)13-31-21(19)23-20(25)15-4-8-16(9-5-15)24(27)28/h4-11,13H,3,12H2,1-2H3,(H,23,25). The van der Waals surface area contributed by atoms with Gasteiger partial charge in [0.1, 0.15) is 16.3 Å². The summed E-state index contributed by atoms with van der Waals surface area (Å²) < 4.78 is 10.5. The van der Waals surface area contributed by atoms with Crippen molar-refractivity contribution in [3.05, 3.63) is 75.2 Å². The van der Waals surface area contributed by atoms with Crippen LogP contribution in [0.1, 0.15) is 34.1 Å². The second kappa shape index (κ2) is 9.86. The lowest BCUT2D eigenvalue weighted by molar-refractivity contribution is -0.384. The van der Waals surface area contributed by atoms with E-state index in [2.05, 4.69) is 5.32 Å². The maximum atomic E-state index is 12.8. The quantitative estimate of drug-likeness (QED) is 0.295. The highest BCUT2D eigenvalue weighted by Crippen LogP contribution is 2.37. The van der Waals surface area contributed by atoms with Crippen LogP contribution >= 0.6 is 11.3 Å². The molecule has 0 unspecified atom stereocenters. The second-order valence-corrected chi connectivity index (χ2v) is 7.36. The fraction of sp³-hybridized carbons (Fsp3) is 0.182. The molecule has 0 saturated heterocycles. The van der Waals surface area contributed by atoms with Crippen LogP contribution in [0, 0.1) is 10.1 Å². The van der Waals surface area contributed by atoms with E-state index >= 15 is 0 Å². The molecular formula is C22H20N2O6S. The molecule has 3 rings (SSSR count). The SMILES string of the molecule is CCCOC(=O)c1c(-c2ccc(OC)cc2)csc1NC(=O)c1ccc([N+](=O)[O-])cc1. The molecule has 9 heteroatoms. The van der Waals surface area contributed by atoms with E-state index in [1.54, 1.807) is 24.6 Å². The summed E-state index contributed by atoms with van der Waals surface area (Å²) in [5, 5.41) is 15.7. The van der Waals surface area contributed by atoms with Crippen molar-refractivity contribution in [2.45, 2.75) is 13.3 Å². The van der Waals surface area contributed by atoms with E-state index < -0.39 is 16.8 Å². The fourth-order valence-electron chi connectivity index (χ4n) is 2.81. The Bertz CT molecular complexity index is 1090. The molecule has 0 bridgehead atoms. The van der Waals surface area contributed by atoms with E-state index in [4.69, 9.17) is 9.47 Å². The molecule has 0 atom stereocenters. The van der Waals surface area contributed by atoms with Crippen LogP contribution in [0.2, 0.25) is 0 Å². The van der Waals surface area contributed by atoms with Gasteiger partial charge in [-0.05, 0) is 36.2 Å². The minimum Gasteiger partial charge on any atom is -0.497 e. The Kier molecular flexibility index (Phi) is 6.99. The van der Waals surface area contributed by atoms with E-state index in [1.807, 2.05) is 19.1 Å². The molecule has 31 heavy (non-hydrogen) atoms. The van der Waals surface area contributed by atoms with Crippen molar-refractivity contribution in [2.75, 3.05) is 19.0 Å². The summed E-state index contributed by atoms with van der Waals surface area (Å²) in [5.41, 5.74) is 1.79.